The molecule has 0 aliphatic rings. The van der Waals surface area contributed by atoms with Gasteiger partial charge in [-0.25, -0.2) is 4.98 Å². The van der Waals surface area contributed by atoms with E-state index in [-0.39, 0.29) is 0 Å². The standard InChI is InChI=1S/C17H12N4OS/c1-22-17-15-14(11(10-23-15)12-6-2-4-8-18-12)20-16(21-17)13-7-3-5-9-19-13/h2-10H,1H3. The average molecular weight is 320 g/mol. The van der Waals surface area contributed by atoms with Crippen molar-refractivity contribution in [1.29, 1.82) is 0 Å². The second-order valence-electron chi connectivity index (χ2n) is 4.81. The maximum Gasteiger partial charge on any atom is 0.235 e. The van der Waals surface area contributed by atoms with E-state index in [4.69, 9.17) is 9.72 Å². The molecular formula is C17H12N4OS. The van der Waals surface area contributed by atoms with Gasteiger partial charge in [-0.15, -0.1) is 11.3 Å². The topological polar surface area (TPSA) is 60.8 Å². The van der Waals surface area contributed by atoms with Crippen LogP contribution in [0.4, 0.5) is 0 Å². The van der Waals surface area contributed by atoms with Crippen molar-refractivity contribution < 1.29 is 4.74 Å². The molecule has 0 N–H and O–H groups in total. The third-order valence-electron chi connectivity index (χ3n) is 3.41. The van der Waals surface area contributed by atoms with Gasteiger partial charge >= 0.3 is 0 Å². The van der Waals surface area contributed by atoms with Crippen LogP contribution in [0.5, 0.6) is 5.88 Å². The Morgan fingerprint density at radius 3 is 2.30 bits per heavy atom. The molecule has 5 nitrogen and oxygen atoms in total. The van der Waals surface area contributed by atoms with Gasteiger partial charge in [-0.05, 0) is 24.3 Å². The molecule has 0 saturated carbocycles. The number of rotatable bonds is 3. The summed E-state index contributed by atoms with van der Waals surface area (Å²) in [5.41, 5.74) is 3.40. The van der Waals surface area contributed by atoms with Crippen LogP contribution >= 0.6 is 11.3 Å². The first-order valence-corrected chi connectivity index (χ1v) is 7.91. The van der Waals surface area contributed by atoms with Gasteiger partial charge < -0.3 is 4.74 Å². The highest BCUT2D eigenvalue weighted by atomic mass is 32.1. The number of methoxy groups -OCH3 is 1. The summed E-state index contributed by atoms with van der Waals surface area (Å²) in [6.07, 6.45) is 3.50. The van der Waals surface area contributed by atoms with Crippen LogP contribution in [0.3, 0.4) is 0 Å². The highest BCUT2D eigenvalue weighted by Gasteiger charge is 2.17. The number of hydrogen-bond acceptors (Lipinski definition) is 6. The Morgan fingerprint density at radius 1 is 0.913 bits per heavy atom. The Balaban J connectivity index is 1.98. The molecule has 23 heavy (non-hydrogen) atoms. The highest BCUT2D eigenvalue weighted by Crippen LogP contribution is 2.37. The number of hydrogen-bond donors (Lipinski definition) is 0. The van der Waals surface area contributed by atoms with Crippen LogP contribution in [0.1, 0.15) is 0 Å². The minimum atomic E-state index is 0.547. The van der Waals surface area contributed by atoms with E-state index >= 15 is 0 Å². The SMILES string of the molecule is COc1nc(-c2ccccn2)nc2c(-c3ccccn3)csc12. The number of nitrogens with zero attached hydrogens (tertiary/aromatic N) is 4. The first-order chi connectivity index (χ1) is 11.4. The molecule has 0 saturated heterocycles. The molecule has 0 fully saturated rings. The summed E-state index contributed by atoms with van der Waals surface area (Å²) < 4.78 is 6.36. The predicted molar refractivity (Wildman–Crippen MR) is 90.4 cm³/mol. The summed E-state index contributed by atoms with van der Waals surface area (Å²) in [4.78, 5) is 17.9. The van der Waals surface area contributed by atoms with Crippen LogP contribution in [-0.4, -0.2) is 27.0 Å². The second kappa shape index (κ2) is 5.73. The summed E-state index contributed by atoms with van der Waals surface area (Å²) >= 11 is 1.55. The number of pyridine rings is 2. The van der Waals surface area contributed by atoms with Gasteiger partial charge in [0, 0.05) is 23.3 Å². The summed E-state index contributed by atoms with van der Waals surface area (Å²) in [7, 11) is 1.62. The van der Waals surface area contributed by atoms with Crippen molar-refractivity contribution in [3.05, 3.63) is 54.2 Å². The van der Waals surface area contributed by atoms with Crippen LogP contribution in [0, 0.1) is 0 Å². The van der Waals surface area contributed by atoms with Crippen molar-refractivity contribution in [2.45, 2.75) is 0 Å². The van der Waals surface area contributed by atoms with E-state index < -0.39 is 0 Å². The lowest BCUT2D eigenvalue weighted by Crippen LogP contribution is -1.96. The van der Waals surface area contributed by atoms with Gasteiger partial charge in [0.1, 0.15) is 10.4 Å². The third-order valence-corrected chi connectivity index (χ3v) is 4.37. The molecule has 0 unspecified atom stereocenters. The van der Waals surface area contributed by atoms with Gasteiger partial charge in [-0.1, -0.05) is 12.1 Å². The smallest absolute Gasteiger partial charge is 0.235 e. The zero-order valence-corrected chi connectivity index (χ0v) is 13.1. The molecule has 4 rings (SSSR count). The lowest BCUT2D eigenvalue weighted by Gasteiger charge is -2.05. The first-order valence-electron chi connectivity index (χ1n) is 7.03. The van der Waals surface area contributed by atoms with Gasteiger partial charge in [0.15, 0.2) is 5.82 Å². The Morgan fingerprint density at radius 2 is 1.65 bits per heavy atom. The van der Waals surface area contributed by atoms with E-state index in [2.05, 4.69) is 15.0 Å². The lowest BCUT2D eigenvalue weighted by atomic mass is 10.2. The maximum absolute atomic E-state index is 5.45. The molecule has 112 valence electrons. The fourth-order valence-corrected chi connectivity index (χ4v) is 3.31. The van der Waals surface area contributed by atoms with E-state index in [0.29, 0.717) is 17.4 Å². The Labute approximate surface area is 136 Å². The van der Waals surface area contributed by atoms with Crippen molar-refractivity contribution >= 4 is 21.6 Å². The number of thiophene rings is 1. The molecule has 0 aliphatic heterocycles. The Kier molecular flexibility index (Phi) is 3.44. The molecule has 4 aromatic rings. The zero-order chi connectivity index (χ0) is 15.6. The number of aromatic nitrogens is 4. The molecular weight excluding hydrogens is 308 g/mol. The minimum absolute atomic E-state index is 0.547. The van der Waals surface area contributed by atoms with Crippen LogP contribution in [0.15, 0.2) is 54.2 Å². The molecule has 0 aliphatic carbocycles. The Bertz CT molecular complexity index is 954. The van der Waals surface area contributed by atoms with Crippen molar-refractivity contribution in [2.24, 2.45) is 0 Å². The molecule has 0 bridgehead atoms. The highest BCUT2D eigenvalue weighted by molar-refractivity contribution is 7.18. The van der Waals surface area contributed by atoms with E-state index in [1.54, 1.807) is 30.8 Å². The van der Waals surface area contributed by atoms with E-state index in [1.165, 1.54) is 0 Å². The van der Waals surface area contributed by atoms with Crippen LogP contribution in [0.2, 0.25) is 0 Å². The fraction of sp³-hybridized carbons (Fsp3) is 0.0588. The van der Waals surface area contributed by atoms with Gasteiger partial charge in [-0.2, -0.15) is 4.98 Å². The summed E-state index contributed by atoms with van der Waals surface area (Å²) in [6, 6.07) is 11.5. The molecule has 4 aromatic heterocycles. The van der Waals surface area contributed by atoms with Crippen molar-refractivity contribution in [3.63, 3.8) is 0 Å². The van der Waals surface area contributed by atoms with Crippen LogP contribution in [-0.2, 0) is 0 Å². The largest absolute Gasteiger partial charge is 0.480 e. The average Bonchev–Trinajstić information content (AvgIpc) is 3.06. The lowest BCUT2D eigenvalue weighted by molar-refractivity contribution is 0.404. The summed E-state index contributed by atoms with van der Waals surface area (Å²) in [5.74, 6) is 1.10. The predicted octanol–water partition coefficient (Wildman–Crippen LogP) is 3.82. The number of ether oxygens (including phenoxy) is 1. The van der Waals surface area contributed by atoms with E-state index in [1.807, 2.05) is 41.8 Å². The van der Waals surface area contributed by atoms with Gasteiger partial charge in [-0.3, -0.25) is 9.97 Å². The molecule has 0 radical (unpaired) electrons. The quantitative estimate of drug-likeness (QED) is 0.574. The second-order valence-corrected chi connectivity index (χ2v) is 5.69. The maximum atomic E-state index is 5.45. The third kappa shape index (κ3) is 2.43. The molecule has 6 heteroatoms. The van der Waals surface area contributed by atoms with E-state index in [0.717, 1.165) is 21.5 Å². The molecule has 0 amide bonds. The molecule has 0 atom stereocenters. The monoisotopic (exact) mass is 320 g/mol. The van der Waals surface area contributed by atoms with Gasteiger partial charge in [0.2, 0.25) is 5.88 Å². The summed E-state index contributed by atoms with van der Waals surface area (Å²) in [6.45, 7) is 0. The van der Waals surface area contributed by atoms with Crippen LogP contribution < -0.4 is 4.74 Å². The van der Waals surface area contributed by atoms with Crippen molar-refractivity contribution in [2.75, 3.05) is 7.11 Å². The first kappa shape index (κ1) is 13.8. The molecule has 0 aromatic carbocycles. The number of fused-ring (bicyclic) bond motifs is 1. The van der Waals surface area contributed by atoms with Crippen molar-refractivity contribution in [3.8, 4) is 28.7 Å². The van der Waals surface area contributed by atoms with Crippen molar-refractivity contribution in [1.82, 2.24) is 19.9 Å². The normalized spacial score (nSPS) is 10.8. The fourth-order valence-electron chi connectivity index (χ4n) is 2.34. The summed E-state index contributed by atoms with van der Waals surface area (Å²) in [5, 5.41) is 2.03. The van der Waals surface area contributed by atoms with E-state index in [9.17, 15) is 0 Å². The van der Waals surface area contributed by atoms with Crippen LogP contribution in [0.25, 0.3) is 33.0 Å². The Hall–Kier alpha value is -2.86. The molecule has 0 spiro atoms. The molecule has 4 heterocycles. The zero-order valence-electron chi connectivity index (χ0n) is 12.3. The minimum Gasteiger partial charge on any atom is -0.480 e. The van der Waals surface area contributed by atoms with Gasteiger partial charge in [0.25, 0.3) is 0 Å². The van der Waals surface area contributed by atoms with Gasteiger partial charge in [0.05, 0.1) is 18.3 Å².